The largest absolute Gasteiger partial charge is 0.382 e. The van der Waals surface area contributed by atoms with Gasteiger partial charge in [-0.15, -0.1) is 0 Å². The zero-order valence-electron chi connectivity index (χ0n) is 20.6. The molecule has 8 heteroatoms. The van der Waals surface area contributed by atoms with E-state index in [0.29, 0.717) is 36.7 Å². The standard InChI is InChI=1S/C29H29N5O3/c1-2-37-18-8-17-31-29(36)22-9-6-11-25(19-22)32-27(35)15-14-24-21-34(26-12-4-3-5-13-26)33-28(24)23-10-7-16-30-20-23/h3-7,9-16,19-21H,2,8,17-18H2,1H3,(H,31,36)(H,32,35). The molecule has 4 aromatic rings. The van der Waals surface area contributed by atoms with Crippen molar-refractivity contribution in [3.05, 3.63) is 103 Å². The highest BCUT2D eigenvalue weighted by Crippen LogP contribution is 2.24. The monoisotopic (exact) mass is 495 g/mol. The third-order valence-corrected chi connectivity index (χ3v) is 5.46. The topological polar surface area (TPSA) is 98.1 Å². The summed E-state index contributed by atoms with van der Waals surface area (Å²) < 4.78 is 7.06. The maximum absolute atomic E-state index is 12.7. The van der Waals surface area contributed by atoms with E-state index in [0.717, 1.165) is 23.2 Å². The summed E-state index contributed by atoms with van der Waals surface area (Å²) >= 11 is 0. The van der Waals surface area contributed by atoms with E-state index in [1.165, 1.54) is 6.08 Å². The van der Waals surface area contributed by atoms with Crippen molar-refractivity contribution in [2.24, 2.45) is 0 Å². The number of nitrogens with one attached hydrogen (secondary N) is 2. The molecule has 2 amide bonds. The van der Waals surface area contributed by atoms with Crippen LogP contribution in [0.3, 0.4) is 0 Å². The van der Waals surface area contributed by atoms with Gasteiger partial charge < -0.3 is 15.4 Å². The zero-order valence-corrected chi connectivity index (χ0v) is 20.6. The van der Waals surface area contributed by atoms with E-state index < -0.39 is 0 Å². The second-order valence-corrected chi connectivity index (χ2v) is 8.16. The van der Waals surface area contributed by atoms with Crippen LogP contribution in [0.25, 0.3) is 23.0 Å². The first-order valence-electron chi connectivity index (χ1n) is 12.1. The van der Waals surface area contributed by atoms with Crippen LogP contribution >= 0.6 is 0 Å². The summed E-state index contributed by atoms with van der Waals surface area (Å²) in [7, 11) is 0. The molecule has 2 aromatic heterocycles. The fourth-order valence-electron chi connectivity index (χ4n) is 3.66. The molecule has 0 bridgehead atoms. The molecule has 188 valence electrons. The number of amides is 2. The Kier molecular flexibility index (Phi) is 8.93. The average molecular weight is 496 g/mol. The number of rotatable bonds is 11. The Hall–Kier alpha value is -4.56. The number of anilines is 1. The highest BCUT2D eigenvalue weighted by atomic mass is 16.5. The number of benzene rings is 2. The van der Waals surface area contributed by atoms with Gasteiger partial charge in [-0.3, -0.25) is 14.6 Å². The first-order chi connectivity index (χ1) is 18.1. The lowest BCUT2D eigenvalue weighted by Crippen LogP contribution is -2.25. The molecule has 4 rings (SSSR count). The number of hydrogen-bond acceptors (Lipinski definition) is 5. The number of carbonyl (C=O) groups excluding carboxylic acids is 2. The van der Waals surface area contributed by atoms with Crippen molar-refractivity contribution in [3.63, 3.8) is 0 Å². The lowest BCUT2D eigenvalue weighted by molar-refractivity contribution is -0.111. The van der Waals surface area contributed by atoms with Crippen molar-refractivity contribution >= 4 is 23.6 Å². The van der Waals surface area contributed by atoms with Gasteiger partial charge in [0.05, 0.1) is 5.69 Å². The van der Waals surface area contributed by atoms with Gasteiger partial charge >= 0.3 is 0 Å². The van der Waals surface area contributed by atoms with Gasteiger partial charge in [0.25, 0.3) is 5.91 Å². The van der Waals surface area contributed by atoms with Crippen LogP contribution in [0.15, 0.2) is 91.4 Å². The van der Waals surface area contributed by atoms with Crippen LogP contribution in [-0.2, 0) is 9.53 Å². The normalized spacial score (nSPS) is 10.9. The molecule has 2 N–H and O–H groups in total. The van der Waals surface area contributed by atoms with E-state index >= 15 is 0 Å². The van der Waals surface area contributed by atoms with Crippen molar-refractivity contribution in [1.82, 2.24) is 20.1 Å². The van der Waals surface area contributed by atoms with E-state index in [1.54, 1.807) is 47.4 Å². The summed E-state index contributed by atoms with van der Waals surface area (Å²) in [5.74, 6) is -0.517. The van der Waals surface area contributed by atoms with Crippen LogP contribution < -0.4 is 10.6 Å². The third-order valence-electron chi connectivity index (χ3n) is 5.46. The van der Waals surface area contributed by atoms with Crippen LogP contribution in [0.4, 0.5) is 5.69 Å². The van der Waals surface area contributed by atoms with Gasteiger partial charge in [0.15, 0.2) is 0 Å². The molecular weight excluding hydrogens is 466 g/mol. The molecular formula is C29H29N5O3. The second-order valence-electron chi connectivity index (χ2n) is 8.16. The Labute approximate surface area is 216 Å². The first-order valence-corrected chi connectivity index (χ1v) is 12.1. The van der Waals surface area contributed by atoms with Gasteiger partial charge in [-0.05, 0) is 61.9 Å². The summed E-state index contributed by atoms with van der Waals surface area (Å²) in [4.78, 5) is 29.3. The number of nitrogens with zero attached hydrogens (tertiary/aromatic N) is 3. The van der Waals surface area contributed by atoms with Gasteiger partial charge in [0, 0.05) is 66.8 Å². The van der Waals surface area contributed by atoms with Gasteiger partial charge in [0.1, 0.15) is 5.69 Å². The summed E-state index contributed by atoms with van der Waals surface area (Å²) in [6.45, 7) is 3.72. The predicted molar refractivity (Wildman–Crippen MR) is 144 cm³/mol. The zero-order chi connectivity index (χ0) is 25.9. The van der Waals surface area contributed by atoms with Gasteiger partial charge in [-0.1, -0.05) is 24.3 Å². The molecule has 2 heterocycles. The van der Waals surface area contributed by atoms with E-state index in [1.807, 2.05) is 55.6 Å². The number of para-hydroxylation sites is 1. The number of carbonyl (C=O) groups is 2. The molecule has 0 atom stereocenters. The molecule has 0 aliphatic heterocycles. The highest BCUT2D eigenvalue weighted by molar-refractivity contribution is 6.03. The van der Waals surface area contributed by atoms with Crippen LogP contribution in [0.5, 0.6) is 0 Å². The van der Waals surface area contributed by atoms with E-state index in [2.05, 4.69) is 15.6 Å². The van der Waals surface area contributed by atoms with E-state index in [4.69, 9.17) is 9.84 Å². The Balaban J connectivity index is 1.45. The van der Waals surface area contributed by atoms with Crippen molar-refractivity contribution < 1.29 is 14.3 Å². The number of hydrogen-bond donors (Lipinski definition) is 2. The second kappa shape index (κ2) is 12.9. The van der Waals surface area contributed by atoms with Crippen molar-refractivity contribution in [2.75, 3.05) is 25.1 Å². The molecule has 0 saturated carbocycles. The average Bonchev–Trinajstić information content (AvgIpc) is 3.37. The van der Waals surface area contributed by atoms with Gasteiger partial charge in [-0.25, -0.2) is 4.68 Å². The molecule has 0 saturated heterocycles. The third kappa shape index (κ3) is 7.22. The molecule has 0 fully saturated rings. The lowest BCUT2D eigenvalue weighted by atomic mass is 10.1. The van der Waals surface area contributed by atoms with Crippen LogP contribution in [0.1, 0.15) is 29.3 Å². The first kappa shape index (κ1) is 25.5. The maximum Gasteiger partial charge on any atom is 0.251 e. The van der Waals surface area contributed by atoms with Crippen molar-refractivity contribution in [1.29, 1.82) is 0 Å². The highest BCUT2D eigenvalue weighted by Gasteiger charge is 2.12. The summed E-state index contributed by atoms with van der Waals surface area (Å²) in [6.07, 6.45) is 9.23. The lowest BCUT2D eigenvalue weighted by Gasteiger charge is -2.07. The van der Waals surface area contributed by atoms with Crippen LogP contribution in [0, 0.1) is 0 Å². The molecule has 0 aliphatic rings. The van der Waals surface area contributed by atoms with Gasteiger partial charge in [0.2, 0.25) is 5.91 Å². The molecule has 0 unspecified atom stereocenters. The van der Waals surface area contributed by atoms with Crippen molar-refractivity contribution in [3.8, 4) is 16.9 Å². The molecule has 0 spiro atoms. The Bertz CT molecular complexity index is 1350. The van der Waals surface area contributed by atoms with E-state index in [-0.39, 0.29) is 11.8 Å². The minimum atomic E-state index is -0.320. The fraction of sp³-hybridized carbons (Fsp3) is 0.172. The minimum absolute atomic E-state index is 0.197. The number of pyridine rings is 1. The van der Waals surface area contributed by atoms with Crippen molar-refractivity contribution in [2.45, 2.75) is 13.3 Å². The molecule has 37 heavy (non-hydrogen) atoms. The molecule has 0 radical (unpaired) electrons. The smallest absolute Gasteiger partial charge is 0.251 e. The maximum atomic E-state index is 12.7. The predicted octanol–water partition coefficient (Wildman–Crippen LogP) is 4.74. The fourth-order valence-corrected chi connectivity index (χ4v) is 3.66. The summed E-state index contributed by atoms with van der Waals surface area (Å²) in [5.41, 5.74) is 4.24. The summed E-state index contributed by atoms with van der Waals surface area (Å²) in [6, 6.07) is 20.4. The summed E-state index contributed by atoms with van der Waals surface area (Å²) in [5, 5.41) is 10.4. The van der Waals surface area contributed by atoms with E-state index in [9.17, 15) is 9.59 Å². The Morgan fingerprint density at radius 2 is 1.92 bits per heavy atom. The quantitative estimate of drug-likeness (QED) is 0.231. The van der Waals surface area contributed by atoms with Gasteiger partial charge in [-0.2, -0.15) is 5.10 Å². The Morgan fingerprint density at radius 3 is 2.70 bits per heavy atom. The molecule has 8 nitrogen and oxygen atoms in total. The Morgan fingerprint density at radius 1 is 1.05 bits per heavy atom. The number of ether oxygens (including phenoxy) is 1. The van der Waals surface area contributed by atoms with Crippen LogP contribution in [-0.4, -0.2) is 46.3 Å². The number of aromatic nitrogens is 3. The molecule has 0 aliphatic carbocycles. The minimum Gasteiger partial charge on any atom is -0.382 e. The molecule has 2 aromatic carbocycles. The SMILES string of the molecule is CCOCCCNC(=O)c1cccc(NC(=O)C=Cc2cn(-c3ccccc3)nc2-c2cccnc2)c1. The van der Waals surface area contributed by atoms with Crippen LogP contribution in [0.2, 0.25) is 0 Å².